The summed E-state index contributed by atoms with van der Waals surface area (Å²) in [6.45, 7) is 4.77. The van der Waals surface area contributed by atoms with Crippen LogP contribution in [0.3, 0.4) is 0 Å². The van der Waals surface area contributed by atoms with Gasteiger partial charge in [0.2, 0.25) is 53.2 Å². The van der Waals surface area contributed by atoms with E-state index in [1.807, 2.05) is 0 Å². The van der Waals surface area contributed by atoms with Gasteiger partial charge in [0.1, 0.15) is 54.6 Å². The van der Waals surface area contributed by atoms with Gasteiger partial charge in [-0.3, -0.25) is 48.5 Å². The van der Waals surface area contributed by atoms with Crippen molar-refractivity contribution in [3.05, 3.63) is 65.2 Å². The van der Waals surface area contributed by atoms with E-state index in [0.717, 1.165) is 0 Å². The molecule has 1 aliphatic heterocycles. The Kier molecular flexibility index (Phi) is 31.7. The van der Waals surface area contributed by atoms with Gasteiger partial charge < -0.3 is 102 Å². The van der Waals surface area contributed by atoms with Crippen LogP contribution in [-0.2, 0) is 49.6 Å². The highest BCUT2D eigenvalue weighted by Crippen LogP contribution is 2.20. The molecule has 13 atom stereocenters. The van der Waals surface area contributed by atoms with Crippen LogP contribution >= 0.6 is 11.6 Å². The first-order chi connectivity index (χ1) is 40.4. The number of nitrogens with two attached hydrogens (primary N) is 5. The summed E-state index contributed by atoms with van der Waals surface area (Å²) in [6, 6.07) is -0.749. The molecule has 0 aliphatic carbocycles. The van der Waals surface area contributed by atoms with Gasteiger partial charge in [-0.25, -0.2) is 4.79 Å². The molecule has 0 saturated carbocycles. The minimum Gasteiger partial charge on any atom is -0.391 e. The fraction of sp³-hybridized carbons (Fsp3) is 0.593. The quantitative estimate of drug-likeness (QED) is 0.0466. The molecular formula is C54H88ClN17O13. The molecule has 13 unspecified atom stereocenters. The number of para-hydroxylation sites is 1. The van der Waals surface area contributed by atoms with Gasteiger partial charge >= 0.3 is 6.03 Å². The number of hydrogen-bond acceptors (Lipinski definition) is 19. The highest BCUT2D eigenvalue weighted by atomic mass is 35.5. The van der Waals surface area contributed by atoms with Gasteiger partial charge in [-0.15, -0.1) is 0 Å². The van der Waals surface area contributed by atoms with Crippen molar-refractivity contribution in [1.29, 1.82) is 0 Å². The molecule has 0 aromatic heterocycles. The summed E-state index contributed by atoms with van der Waals surface area (Å²) in [5.41, 5.74) is 30.2. The number of urea groups is 1. The van der Waals surface area contributed by atoms with Crippen molar-refractivity contribution in [2.24, 2.45) is 34.6 Å². The molecule has 31 heteroatoms. The molecule has 85 heavy (non-hydrogen) atoms. The topological polar surface area (TPSA) is 506 Å². The minimum atomic E-state index is -1.76. The monoisotopic (exact) mass is 1220 g/mol. The molecule has 2 aromatic carbocycles. The molecule has 0 spiro atoms. The Labute approximate surface area is 498 Å². The first-order valence-electron chi connectivity index (χ1n) is 28.2. The molecule has 3 rings (SSSR count). The Morgan fingerprint density at radius 2 is 1.16 bits per heavy atom. The normalized spacial score (nSPS) is 23.4. The van der Waals surface area contributed by atoms with E-state index in [0.29, 0.717) is 5.56 Å². The summed E-state index contributed by atoms with van der Waals surface area (Å²) in [5, 5.41) is 63.9. The molecule has 1 aliphatic rings. The number of aliphatic hydroxyl groups is 3. The van der Waals surface area contributed by atoms with Crippen LogP contribution in [0.4, 0.5) is 10.5 Å². The first kappa shape index (κ1) is 72.1. The number of benzene rings is 2. The number of nitrogens with one attached hydrogen (secondary N) is 12. The molecule has 11 amide bonds. The molecule has 474 valence electrons. The van der Waals surface area contributed by atoms with E-state index in [1.54, 1.807) is 56.3 Å². The highest BCUT2D eigenvalue weighted by molar-refractivity contribution is 6.33. The number of aliphatic hydroxyl groups excluding tert-OH is 3. The standard InChI is InChI=1S/C54H88ClN17O13/c1-28(2)26-40-50(81)64-34(14-20-56)44(75)63-37(17-23-59)48(79)71-42(29(3)73)52(83)61-25-19-39(47(78)62-35(15-21-57)46(77)68-41(51(82)67-40)27-31-10-6-5-7-11-31)65-45(76)36(16-22-58)66-53(84)43(30(4)74)72-49(80)38(18-24-60)70-54(85)69-33-13-9-8-12-32(33)55/h5-13,28-30,34-44,63,73-75H,14-27,56-60H2,1-4H3,(H,61,83)(H,62,78)(H,64,81)(H,65,76)(H,66,84)(H,67,82)(H,68,77)(H,71,79)(H,72,80)(H2,69,70,85). The molecule has 30 nitrogen and oxygen atoms in total. The maximum absolute atomic E-state index is 14.5. The van der Waals surface area contributed by atoms with Gasteiger partial charge in [-0.1, -0.05) is 67.9 Å². The molecule has 0 radical (unpaired) electrons. The summed E-state index contributed by atoms with van der Waals surface area (Å²) in [4.78, 5) is 140. The fourth-order valence-electron chi connectivity index (χ4n) is 8.89. The van der Waals surface area contributed by atoms with Crippen molar-refractivity contribution in [2.75, 3.05) is 44.6 Å². The van der Waals surface area contributed by atoms with E-state index in [2.05, 4.69) is 63.8 Å². The number of carbonyl (C=O) groups excluding carboxylic acids is 10. The van der Waals surface area contributed by atoms with E-state index < -0.39 is 151 Å². The third kappa shape index (κ3) is 24.4. The zero-order chi connectivity index (χ0) is 63.3. The van der Waals surface area contributed by atoms with Gasteiger partial charge in [0, 0.05) is 13.0 Å². The summed E-state index contributed by atoms with van der Waals surface area (Å²) < 4.78 is 0. The number of amides is 11. The largest absolute Gasteiger partial charge is 0.391 e. The van der Waals surface area contributed by atoms with Crippen molar-refractivity contribution >= 4 is 76.5 Å². The fourth-order valence-corrected chi connectivity index (χ4v) is 9.07. The van der Waals surface area contributed by atoms with Crippen molar-refractivity contribution in [3.8, 4) is 0 Å². The molecule has 1 fully saturated rings. The molecule has 2 aromatic rings. The van der Waals surface area contributed by atoms with Crippen LogP contribution in [0.15, 0.2) is 54.6 Å². The van der Waals surface area contributed by atoms with Crippen LogP contribution in [0.1, 0.15) is 78.2 Å². The van der Waals surface area contributed by atoms with E-state index in [4.69, 9.17) is 40.3 Å². The summed E-state index contributed by atoms with van der Waals surface area (Å²) in [6.07, 6.45) is -6.19. The molecule has 1 heterocycles. The van der Waals surface area contributed by atoms with E-state index in [1.165, 1.54) is 26.0 Å². The number of hydrogen-bond donors (Lipinski definition) is 20. The van der Waals surface area contributed by atoms with Crippen molar-refractivity contribution in [2.45, 2.75) is 158 Å². The zero-order valence-corrected chi connectivity index (χ0v) is 49.1. The maximum Gasteiger partial charge on any atom is 0.319 e. The average molecular weight is 1220 g/mol. The van der Waals surface area contributed by atoms with Gasteiger partial charge in [-0.05, 0) is 115 Å². The van der Waals surface area contributed by atoms with Crippen molar-refractivity contribution in [1.82, 2.24) is 58.5 Å². The molecule has 25 N–H and O–H groups in total. The van der Waals surface area contributed by atoms with Gasteiger partial charge in [0.05, 0.1) is 35.0 Å². The van der Waals surface area contributed by atoms with E-state index in [9.17, 15) is 63.3 Å². The second-order valence-corrected chi connectivity index (χ2v) is 21.4. The van der Waals surface area contributed by atoms with E-state index >= 15 is 0 Å². The minimum absolute atomic E-state index is 0.0308. The summed E-state index contributed by atoms with van der Waals surface area (Å²) in [7, 11) is 0. The van der Waals surface area contributed by atoms with E-state index in [-0.39, 0.29) is 94.3 Å². The lowest BCUT2D eigenvalue weighted by atomic mass is 10.00. The Morgan fingerprint density at radius 1 is 0.612 bits per heavy atom. The van der Waals surface area contributed by atoms with Crippen LogP contribution in [0, 0.1) is 5.92 Å². The third-order valence-corrected chi connectivity index (χ3v) is 13.8. The van der Waals surface area contributed by atoms with Crippen molar-refractivity contribution in [3.63, 3.8) is 0 Å². The van der Waals surface area contributed by atoms with Crippen LogP contribution in [-0.4, -0.2) is 193 Å². The second-order valence-electron chi connectivity index (χ2n) is 21.0. The summed E-state index contributed by atoms with van der Waals surface area (Å²) in [5.74, 6) is -8.72. The lowest BCUT2D eigenvalue weighted by Crippen LogP contribution is -2.62. The zero-order valence-electron chi connectivity index (χ0n) is 48.4. The van der Waals surface area contributed by atoms with Gasteiger partial charge in [0.25, 0.3) is 0 Å². The van der Waals surface area contributed by atoms with Crippen LogP contribution in [0.5, 0.6) is 0 Å². The maximum atomic E-state index is 14.5. The molecule has 1 saturated heterocycles. The average Bonchev–Trinajstić information content (AvgIpc) is 3.57. The predicted octanol–water partition coefficient (Wildman–Crippen LogP) is -5.70. The lowest BCUT2D eigenvalue weighted by molar-refractivity contribution is -0.136. The molecule has 0 bridgehead atoms. The molecular weight excluding hydrogens is 1130 g/mol. The van der Waals surface area contributed by atoms with Crippen LogP contribution < -0.4 is 92.5 Å². The third-order valence-electron chi connectivity index (χ3n) is 13.5. The smallest absolute Gasteiger partial charge is 0.319 e. The number of rotatable bonds is 24. The Morgan fingerprint density at radius 3 is 1.75 bits per heavy atom. The SMILES string of the molecule is CC(C)CC1NC(=O)C(Cc2ccccc2)NC(=O)C(CCN)NC(=O)C(NC(=O)C(CCN)NC(=O)C(NC(=O)C(CCN)NC(=O)Nc2ccccc2Cl)C(C)O)CCNC(=O)C(C(C)O)NC(=O)C(CCN)NC(O)C(CCN)NC1=O. The first-order valence-corrected chi connectivity index (χ1v) is 28.6. The van der Waals surface area contributed by atoms with Crippen LogP contribution in [0.2, 0.25) is 5.02 Å². The van der Waals surface area contributed by atoms with Crippen molar-refractivity contribution < 1.29 is 63.3 Å². The number of anilines is 1. The summed E-state index contributed by atoms with van der Waals surface area (Å²) >= 11 is 6.16. The Bertz CT molecular complexity index is 2520. The number of halogens is 1. The lowest BCUT2D eigenvalue weighted by Gasteiger charge is -2.31. The Hall–Kier alpha value is -7.13. The van der Waals surface area contributed by atoms with Gasteiger partial charge in [-0.2, -0.15) is 0 Å². The Balaban J connectivity index is 2.08. The van der Waals surface area contributed by atoms with Crippen LogP contribution in [0.25, 0.3) is 0 Å². The number of carbonyl (C=O) groups is 10. The van der Waals surface area contributed by atoms with Gasteiger partial charge in [0.15, 0.2) is 0 Å². The highest BCUT2D eigenvalue weighted by Gasteiger charge is 2.38. The predicted molar refractivity (Wildman–Crippen MR) is 315 cm³/mol. The second kappa shape index (κ2) is 37.3.